The van der Waals surface area contributed by atoms with Crippen molar-refractivity contribution < 1.29 is 0 Å². The molecule has 1 aromatic carbocycles. The molecule has 0 bridgehead atoms. The van der Waals surface area contributed by atoms with Gasteiger partial charge < -0.3 is 4.90 Å². The van der Waals surface area contributed by atoms with Gasteiger partial charge in [-0.25, -0.2) is 0 Å². The average Bonchev–Trinajstić information content (AvgIpc) is 2.63. The Hall–Kier alpha value is -1.83. The summed E-state index contributed by atoms with van der Waals surface area (Å²) in [6.45, 7) is 19.2. The van der Waals surface area contributed by atoms with Gasteiger partial charge in [0.2, 0.25) is 0 Å². The van der Waals surface area contributed by atoms with Crippen LogP contribution in [0.3, 0.4) is 0 Å². The fourth-order valence-electron chi connectivity index (χ4n) is 2.98. The number of unbranched alkanes of at least 4 members (excludes halogenated alkanes) is 1. The van der Waals surface area contributed by atoms with Gasteiger partial charge in [0.1, 0.15) is 0 Å². The first-order valence-electron chi connectivity index (χ1n) is 9.65. The Labute approximate surface area is 155 Å². The zero-order chi connectivity index (χ0) is 18.8. The zero-order valence-electron chi connectivity index (χ0n) is 17.2. The number of hydrogen-bond donors (Lipinski definition) is 0. The van der Waals surface area contributed by atoms with Crippen molar-refractivity contribution in [2.24, 2.45) is 4.99 Å². The largest absolute Gasteiger partial charge is 0.369 e. The molecule has 2 heteroatoms. The van der Waals surface area contributed by atoms with Gasteiger partial charge in [-0.3, -0.25) is 4.99 Å². The van der Waals surface area contributed by atoms with Gasteiger partial charge >= 0.3 is 0 Å². The molecule has 0 aliphatic heterocycles. The quantitative estimate of drug-likeness (QED) is 0.345. The SMILES string of the molecule is C=N/C(=C(/CC)N(CCCC)C/C(C)=C(\C)CC)c1ccc(C)cc1. The lowest BCUT2D eigenvalue weighted by atomic mass is 10.0. The van der Waals surface area contributed by atoms with Gasteiger partial charge in [0, 0.05) is 24.4 Å². The summed E-state index contributed by atoms with van der Waals surface area (Å²) in [6, 6.07) is 8.62. The number of aliphatic imine (C=N–C) groups is 1. The number of benzene rings is 1. The van der Waals surface area contributed by atoms with Gasteiger partial charge in [0.05, 0.1) is 5.70 Å². The molecule has 25 heavy (non-hydrogen) atoms. The van der Waals surface area contributed by atoms with Crippen molar-refractivity contribution in [1.29, 1.82) is 0 Å². The Morgan fingerprint density at radius 1 is 1.00 bits per heavy atom. The van der Waals surface area contributed by atoms with Gasteiger partial charge in [-0.1, -0.05) is 68.2 Å². The molecule has 1 rings (SSSR count). The molecule has 1 aromatic rings. The molecule has 0 unspecified atom stereocenters. The van der Waals surface area contributed by atoms with E-state index in [1.165, 1.54) is 35.2 Å². The second-order valence-corrected chi connectivity index (χ2v) is 6.86. The zero-order valence-corrected chi connectivity index (χ0v) is 17.2. The smallest absolute Gasteiger partial charge is 0.0885 e. The molecular weight excluding hydrogens is 304 g/mol. The second kappa shape index (κ2) is 10.9. The fourth-order valence-corrected chi connectivity index (χ4v) is 2.98. The van der Waals surface area contributed by atoms with Crippen molar-refractivity contribution in [2.75, 3.05) is 13.1 Å². The van der Waals surface area contributed by atoms with Crippen LogP contribution >= 0.6 is 0 Å². The van der Waals surface area contributed by atoms with E-state index in [1.807, 2.05) is 0 Å². The van der Waals surface area contributed by atoms with E-state index >= 15 is 0 Å². The minimum atomic E-state index is 0.963. The summed E-state index contributed by atoms with van der Waals surface area (Å²) >= 11 is 0. The normalized spacial score (nSPS) is 13.2. The Balaban J connectivity index is 3.32. The van der Waals surface area contributed by atoms with Crippen molar-refractivity contribution in [2.45, 2.75) is 67.2 Å². The molecule has 0 aliphatic carbocycles. The number of rotatable bonds is 10. The highest BCUT2D eigenvalue weighted by Gasteiger charge is 2.15. The third-order valence-electron chi connectivity index (χ3n) is 4.94. The van der Waals surface area contributed by atoms with E-state index in [2.05, 4.69) is 82.4 Å². The van der Waals surface area contributed by atoms with Crippen LogP contribution in [-0.4, -0.2) is 24.7 Å². The number of hydrogen-bond acceptors (Lipinski definition) is 2. The van der Waals surface area contributed by atoms with Crippen LogP contribution in [0.4, 0.5) is 0 Å². The highest BCUT2D eigenvalue weighted by Crippen LogP contribution is 2.26. The predicted molar refractivity (Wildman–Crippen MR) is 113 cm³/mol. The molecule has 2 nitrogen and oxygen atoms in total. The summed E-state index contributed by atoms with van der Waals surface area (Å²) in [5.41, 5.74) is 7.71. The van der Waals surface area contributed by atoms with Gasteiger partial charge in [-0.2, -0.15) is 0 Å². The van der Waals surface area contributed by atoms with Crippen molar-refractivity contribution in [3.05, 3.63) is 52.2 Å². The maximum absolute atomic E-state index is 4.43. The molecule has 0 fully saturated rings. The third kappa shape index (κ3) is 6.19. The van der Waals surface area contributed by atoms with E-state index in [0.29, 0.717) is 0 Å². The van der Waals surface area contributed by atoms with Crippen LogP contribution in [0.25, 0.3) is 5.70 Å². The average molecular weight is 341 g/mol. The molecule has 0 amide bonds. The lowest BCUT2D eigenvalue weighted by molar-refractivity contribution is 0.354. The Bertz CT molecular complexity index is 605. The maximum Gasteiger partial charge on any atom is 0.0885 e. The van der Waals surface area contributed by atoms with E-state index in [-0.39, 0.29) is 0 Å². The van der Waals surface area contributed by atoms with Crippen molar-refractivity contribution >= 4 is 12.4 Å². The Kier molecular flexibility index (Phi) is 9.26. The molecule has 0 saturated carbocycles. The molecule has 0 saturated heterocycles. The molecule has 0 aliphatic rings. The first-order valence-corrected chi connectivity index (χ1v) is 9.65. The van der Waals surface area contributed by atoms with Crippen LogP contribution in [0.15, 0.2) is 46.1 Å². The van der Waals surface area contributed by atoms with Crippen molar-refractivity contribution in [3.63, 3.8) is 0 Å². The summed E-state index contributed by atoms with van der Waals surface area (Å²) in [7, 11) is 0. The molecule has 0 heterocycles. The van der Waals surface area contributed by atoms with E-state index in [9.17, 15) is 0 Å². The standard InChI is InChI=1S/C23H36N2/c1-8-11-16-25(17-20(6)19(5)9-2)22(10-3)23(24-7)21-14-12-18(4)13-15-21/h12-15H,7-11,16-17H2,1-6H3/b20-19+,23-22-. The molecule has 0 radical (unpaired) electrons. The van der Waals surface area contributed by atoms with Crippen LogP contribution in [0.1, 0.15) is 71.4 Å². The van der Waals surface area contributed by atoms with E-state index in [4.69, 9.17) is 0 Å². The van der Waals surface area contributed by atoms with Crippen LogP contribution < -0.4 is 0 Å². The molecule has 0 N–H and O–H groups in total. The molecule has 0 spiro atoms. The van der Waals surface area contributed by atoms with Crippen LogP contribution in [0.5, 0.6) is 0 Å². The predicted octanol–water partition coefficient (Wildman–Crippen LogP) is 6.62. The van der Waals surface area contributed by atoms with E-state index < -0.39 is 0 Å². The minimum Gasteiger partial charge on any atom is -0.369 e. The molecule has 0 aromatic heterocycles. The van der Waals surface area contributed by atoms with Crippen LogP contribution in [0, 0.1) is 6.92 Å². The van der Waals surface area contributed by atoms with Gasteiger partial charge in [0.25, 0.3) is 0 Å². The van der Waals surface area contributed by atoms with E-state index in [0.717, 1.165) is 37.2 Å². The highest BCUT2D eigenvalue weighted by atomic mass is 15.1. The summed E-state index contributed by atoms with van der Waals surface area (Å²) in [5.74, 6) is 0. The lowest BCUT2D eigenvalue weighted by Gasteiger charge is -2.29. The fraction of sp³-hybridized carbons (Fsp3) is 0.522. The number of nitrogens with zero attached hydrogens (tertiary/aromatic N) is 2. The van der Waals surface area contributed by atoms with Crippen LogP contribution in [-0.2, 0) is 0 Å². The first-order chi connectivity index (χ1) is 12.0. The first kappa shape index (κ1) is 21.2. The molecular formula is C23H36N2. The molecule has 138 valence electrons. The van der Waals surface area contributed by atoms with Crippen molar-refractivity contribution in [1.82, 2.24) is 4.90 Å². The summed E-state index contributed by atoms with van der Waals surface area (Å²) < 4.78 is 0. The lowest BCUT2D eigenvalue weighted by Crippen LogP contribution is -2.27. The summed E-state index contributed by atoms with van der Waals surface area (Å²) in [4.78, 5) is 6.95. The molecule has 0 atom stereocenters. The highest BCUT2D eigenvalue weighted by molar-refractivity contribution is 5.70. The number of aryl methyl sites for hydroxylation is 1. The topological polar surface area (TPSA) is 15.6 Å². The third-order valence-corrected chi connectivity index (χ3v) is 4.94. The van der Waals surface area contributed by atoms with Gasteiger partial charge in [-0.15, -0.1) is 0 Å². The summed E-state index contributed by atoms with van der Waals surface area (Å²) in [5, 5.41) is 0. The maximum atomic E-state index is 4.43. The van der Waals surface area contributed by atoms with Crippen LogP contribution in [0.2, 0.25) is 0 Å². The number of allylic oxidation sites excluding steroid dienone is 2. The summed E-state index contributed by atoms with van der Waals surface area (Å²) in [6.07, 6.45) is 4.47. The Morgan fingerprint density at radius 3 is 2.12 bits per heavy atom. The van der Waals surface area contributed by atoms with Gasteiger partial charge in [0.15, 0.2) is 0 Å². The monoisotopic (exact) mass is 340 g/mol. The minimum absolute atomic E-state index is 0.963. The Morgan fingerprint density at radius 2 is 1.64 bits per heavy atom. The van der Waals surface area contributed by atoms with Gasteiger partial charge in [-0.05, 0) is 46.8 Å². The van der Waals surface area contributed by atoms with E-state index in [1.54, 1.807) is 0 Å². The second-order valence-electron chi connectivity index (χ2n) is 6.86. The van der Waals surface area contributed by atoms with Crippen molar-refractivity contribution in [3.8, 4) is 0 Å².